The summed E-state index contributed by atoms with van der Waals surface area (Å²) in [4.78, 5) is 15.7. The van der Waals surface area contributed by atoms with E-state index in [1.54, 1.807) is 12.1 Å². The zero-order chi connectivity index (χ0) is 14.1. The van der Waals surface area contributed by atoms with Crippen LogP contribution in [0, 0.1) is 6.92 Å². The van der Waals surface area contributed by atoms with Gasteiger partial charge in [-0.15, -0.1) is 0 Å². The summed E-state index contributed by atoms with van der Waals surface area (Å²) in [7, 11) is 0. The maximum absolute atomic E-state index is 11.2. The van der Waals surface area contributed by atoms with Crippen LogP contribution in [0.1, 0.15) is 16.1 Å². The number of hydrogen-bond donors (Lipinski definition) is 0. The molecule has 98 valence electrons. The Morgan fingerprint density at radius 3 is 2.70 bits per heavy atom. The molecule has 0 unspecified atom stereocenters. The van der Waals surface area contributed by atoms with E-state index in [0.717, 1.165) is 34.0 Å². The van der Waals surface area contributed by atoms with Crippen molar-refractivity contribution in [3.05, 3.63) is 64.8 Å². The van der Waals surface area contributed by atoms with Crippen molar-refractivity contribution in [2.75, 3.05) is 0 Å². The molecule has 2 nitrogen and oxygen atoms in total. The third-order valence-corrected chi connectivity index (χ3v) is 3.52. The summed E-state index contributed by atoms with van der Waals surface area (Å²) < 4.78 is 0. The molecule has 0 N–H and O–H groups in total. The Morgan fingerprint density at radius 1 is 1.05 bits per heavy atom. The van der Waals surface area contributed by atoms with Gasteiger partial charge in [0.15, 0.2) is 6.29 Å². The molecule has 0 bridgehead atoms. The van der Waals surface area contributed by atoms with Crippen molar-refractivity contribution < 1.29 is 4.79 Å². The van der Waals surface area contributed by atoms with Crippen molar-refractivity contribution in [1.29, 1.82) is 0 Å². The monoisotopic (exact) mass is 281 g/mol. The first kappa shape index (κ1) is 12.8. The topological polar surface area (TPSA) is 30.0 Å². The number of rotatable bonds is 2. The fourth-order valence-corrected chi connectivity index (χ4v) is 2.47. The fourth-order valence-electron chi connectivity index (χ4n) is 2.29. The van der Waals surface area contributed by atoms with Gasteiger partial charge in [0.25, 0.3) is 0 Å². The Labute approximate surface area is 122 Å². The molecule has 0 aliphatic carbocycles. The minimum atomic E-state index is 0.564. The average molecular weight is 282 g/mol. The molecule has 0 fully saturated rings. The molecule has 0 spiro atoms. The number of aryl methyl sites for hydroxylation is 1. The molecule has 3 aromatic rings. The summed E-state index contributed by atoms with van der Waals surface area (Å²) in [5, 5.41) is 1.62. The van der Waals surface area contributed by atoms with E-state index in [9.17, 15) is 4.79 Å². The SMILES string of the molecule is Cc1ccc2cc(-c3ccc(Cl)cc3C=O)ccc2n1. The Kier molecular flexibility index (Phi) is 3.25. The molecule has 3 heteroatoms. The average Bonchev–Trinajstić information content (AvgIpc) is 2.46. The van der Waals surface area contributed by atoms with E-state index in [-0.39, 0.29) is 0 Å². The lowest BCUT2D eigenvalue weighted by Crippen LogP contribution is -1.89. The van der Waals surface area contributed by atoms with E-state index in [2.05, 4.69) is 4.98 Å². The molecular formula is C17H12ClNO. The van der Waals surface area contributed by atoms with Crippen molar-refractivity contribution >= 4 is 28.8 Å². The van der Waals surface area contributed by atoms with Gasteiger partial charge in [-0.1, -0.05) is 29.8 Å². The molecule has 1 aromatic heterocycles. The van der Waals surface area contributed by atoms with Crippen LogP contribution in [0.15, 0.2) is 48.5 Å². The summed E-state index contributed by atoms with van der Waals surface area (Å²) in [6.07, 6.45) is 0.832. The standard InChI is InChI=1S/C17H12ClNO/c1-11-2-3-13-8-12(4-7-17(13)19-11)16-6-5-15(18)9-14(16)10-20/h2-10H,1H3. The second kappa shape index (κ2) is 5.06. The van der Waals surface area contributed by atoms with Gasteiger partial charge >= 0.3 is 0 Å². The summed E-state index contributed by atoms with van der Waals surface area (Å²) in [6, 6.07) is 15.4. The number of hydrogen-bond acceptors (Lipinski definition) is 2. The molecule has 0 aliphatic heterocycles. The normalized spacial score (nSPS) is 10.7. The highest BCUT2D eigenvalue weighted by Gasteiger charge is 2.06. The molecule has 1 heterocycles. The Bertz CT molecular complexity index is 811. The number of aromatic nitrogens is 1. The van der Waals surface area contributed by atoms with Crippen LogP contribution in [-0.2, 0) is 0 Å². The summed E-state index contributed by atoms with van der Waals surface area (Å²) >= 11 is 5.93. The van der Waals surface area contributed by atoms with Crippen LogP contribution in [0.4, 0.5) is 0 Å². The van der Waals surface area contributed by atoms with Gasteiger partial charge in [0.2, 0.25) is 0 Å². The highest BCUT2D eigenvalue weighted by atomic mass is 35.5. The highest BCUT2D eigenvalue weighted by molar-refractivity contribution is 6.31. The molecule has 0 atom stereocenters. The van der Waals surface area contributed by atoms with E-state index in [0.29, 0.717) is 10.6 Å². The lowest BCUT2D eigenvalue weighted by atomic mass is 9.99. The molecular weight excluding hydrogens is 270 g/mol. The third-order valence-electron chi connectivity index (χ3n) is 3.28. The number of carbonyl (C=O) groups excluding carboxylic acids is 1. The Balaban J connectivity index is 2.19. The number of nitrogens with zero attached hydrogens (tertiary/aromatic N) is 1. The molecule has 0 saturated heterocycles. The van der Waals surface area contributed by atoms with E-state index in [4.69, 9.17) is 11.6 Å². The van der Waals surface area contributed by atoms with E-state index in [1.165, 1.54) is 0 Å². The largest absolute Gasteiger partial charge is 0.298 e. The van der Waals surface area contributed by atoms with Crippen molar-refractivity contribution in [3.8, 4) is 11.1 Å². The van der Waals surface area contributed by atoms with Crippen LogP contribution in [0.3, 0.4) is 0 Å². The Morgan fingerprint density at radius 2 is 1.90 bits per heavy atom. The molecule has 20 heavy (non-hydrogen) atoms. The lowest BCUT2D eigenvalue weighted by molar-refractivity contribution is 0.112. The van der Waals surface area contributed by atoms with Crippen LogP contribution in [0.5, 0.6) is 0 Å². The number of fused-ring (bicyclic) bond motifs is 1. The van der Waals surface area contributed by atoms with Gasteiger partial charge in [0.05, 0.1) is 5.52 Å². The number of benzene rings is 2. The minimum absolute atomic E-state index is 0.564. The van der Waals surface area contributed by atoms with Crippen LogP contribution < -0.4 is 0 Å². The highest BCUT2D eigenvalue weighted by Crippen LogP contribution is 2.28. The number of halogens is 1. The maximum atomic E-state index is 11.2. The van der Waals surface area contributed by atoms with Crippen molar-refractivity contribution in [1.82, 2.24) is 4.98 Å². The van der Waals surface area contributed by atoms with Gasteiger partial charge in [0.1, 0.15) is 0 Å². The number of carbonyl (C=O) groups is 1. The molecule has 0 radical (unpaired) electrons. The van der Waals surface area contributed by atoms with E-state index >= 15 is 0 Å². The predicted molar refractivity (Wildman–Crippen MR) is 82.3 cm³/mol. The van der Waals surface area contributed by atoms with Gasteiger partial charge < -0.3 is 0 Å². The molecule has 0 aliphatic rings. The molecule has 0 saturated carbocycles. The van der Waals surface area contributed by atoms with Crippen LogP contribution >= 0.6 is 11.6 Å². The first-order valence-corrected chi connectivity index (χ1v) is 6.68. The van der Waals surface area contributed by atoms with Crippen LogP contribution in [-0.4, -0.2) is 11.3 Å². The van der Waals surface area contributed by atoms with Crippen molar-refractivity contribution in [2.24, 2.45) is 0 Å². The van der Waals surface area contributed by atoms with Crippen molar-refractivity contribution in [2.45, 2.75) is 6.92 Å². The second-order valence-electron chi connectivity index (χ2n) is 4.71. The molecule has 3 rings (SSSR count). The summed E-state index contributed by atoms with van der Waals surface area (Å²) in [5.74, 6) is 0. The van der Waals surface area contributed by atoms with Gasteiger partial charge in [-0.05, 0) is 48.4 Å². The smallest absolute Gasteiger partial charge is 0.150 e. The second-order valence-corrected chi connectivity index (χ2v) is 5.15. The van der Waals surface area contributed by atoms with Crippen molar-refractivity contribution in [3.63, 3.8) is 0 Å². The fraction of sp³-hybridized carbons (Fsp3) is 0.0588. The number of aldehydes is 1. The maximum Gasteiger partial charge on any atom is 0.150 e. The van der Waals surface area contributed by atoms with Crippen LogP contribution in [0.2, 0.25) is 5.02 Å². The van der Waals surface area contributed by atoms with Gasteiger partial charge in [0, 0.05) is 21.7 Å². The summed E-state index contributed by atoms with van der Waals surface area (Å²) in [5.41, 5.74) is 4.41. The van der Waals surface area contributed by atoms with E-state index < -0.39 is 0 Å². The first-order chi connectivity index (χ1) is 9.67. The Hall–Kier alpha value is -2.19. The quantitative estimate of drug-likeness (QED) is 0.639. The summed E-state index contributed by atoms with van der Waals surface area (Å²) in [6.45, 7) is 1.97. The zero-order valence-electron chi connectivity index (χ0n) is 10.9. The minimum Gasteiger partial charge on any atom is -0.298 e. The van der Waals surface area contributed by atoms with Crippen LogP contribution in [0.25, 0.3) is 22.0 Å². The molecule has 2 aromatic carbocycles. The van der Waals surface area contributed by atoms with Gasteiger partial charge in [-0.25, -0.2) is 0 Å². The van der Waals surface area contributed by atoms with Gasteiger partial charge in [-0.2, -0.15) is 0 Å². The third kappa shape index (κ3) is 2.30. The lowest BCUT2D eigenvalue weighted by Gasteiger charge is -2.07. The van der Waals surface area contributed by atoms with E-state index in [1.807, 2.05) is 43.3 Å². The zero-order valence-corrected chi connectivity index (χ0v) is 11.7. The first-order valence-electron chi connectivity index (χ1n) is 6.30. The number of pyridine rings is 1. The van der Waals surface area contributed by atoms with Gasteiger partial charge in [-0.3, -0.25) is 9.78 Å². The predicted octanol–water partition coefficient (Wildman–Crippen LogP) is 4.68. The molecule has 0 amide bonds.